The third-order valence-corrected chi connectivity index (χ3v) is 2.56. The van der Waals surface area contributed by atoms with Crippen molar-refractivity contribution in [2.24, 2.45) is 0 Å². The molecule has 0 bridgehead atoms. The normalized spacial score (nSPS) is 14.7. The first-order valence-electron chi connectivity index (χ1n) is 4.85. The summed E-state index contributed by atoms with van der Waals surface area (Å²) in [5, 5.41) is 9.56. The quantitative estimate of drug-likeness (QED) is 0.839. The van der Waals surface area contributed by atoms with Crippen LogP contribution in [-0.4, -0.2) is 30.9 Å². The van der Waals surface area contributed by atoms with Crippen molar-refractivity contribution >= 4 is 11.6 Å². The molecule has 88 valence electrons. The maximum Gasteiger partial charge on any atom is 0.236 e. The van der Waals surface area contributed by atoms with Gasteiger partial charge in [0.2, 0.25) is 23.1 Å². The summed E-state index contributed by atoms with van der Waals surface area (Å²) in [6.07, 6.45) is 0. The Bertz CT molecular complexity index is 542. The van der Waals surface area contributed by atoms with E-state index in [1.54, 1.807) is 12.1 Å². The van der Waals surface area contributed by atoms with Gasteiger partial charge >= 0.3 is 0 Å². The summed E-state index contributed by atoms with van der Waals surface area (Å²) >= 11 is 0. The van der Waals surface area contributed by atoms with Crippen molar-refractivity contribution in [3.63, 3.8) is 0 Å². The molecule has 0 saturated carbocycles. The largest absolute Gasteiger partial charge is 0.501 e. The Morgan fingerprint density at radius 2 is 1.76 bits per heavy atom. The van der Waals surface area contributed by atoms with Crippen LogP contribution in [0.3, 0.4) is 0 Å². The van der Waals surface area contributed by atoms with Gasteiger partial charge in [0, 0.05) is 5.56 Å². The van der Waals surface area contributed by atoms with E-state index in [1.807, 2.05) is 0 Å². The molecule has 1 N–H and O–H groups in total. The van der Waals surface area contributed by atoms with Crippen LogP contribution in [0.2, 0.25) is 0 Å². The minimum absolute atomic E-state index is 0.118. The van der Waals surface area contributed by atoms with E-state index < -0.39 is 17.3 Å². The van der Waals surface area contributed by atoms with Gasteiger partial charge < -0.3 is 14.6 Å². The van der Waals surface area contributed by atoms with Crippen molar-refractivity contribution in [1.29, 1.82) is 0 Å². The van der Waals surface area contributed by atoms with E-state index in [4.69, 9.17) is 9.47 Å². The fraction of sp³-hybridized carbons (Fsp3) is 0.167. The number of aliphatic hydroxyl groups is 1. The minimum Gasteiger partial charge on any atom is -0.501 e. The van der Waals surface area contributed by atoms with E-state index in [2.05, 4.69) is 0 Å². The van der Waals surface area contributed by atoms with Gasteiger partial charge in [0.15, 0.2) is 0 Å². The van der Waals surface area contributed by atoms with Crippen LogP contribution in [0, 0.1) is 0 Å². The zero-order chi connectivity index (χ0) is 12.6. The maximum atomic E-state index is 12.0. The van der Waals surface area contributed by atoms with Crippen LogP contribution in [0.5, 0.6) is 5.75 Å². The number of hydrogen-bond donors (Lipinski definition) is 1. The molecule has 0 heterocycles. The number of fused-ring (bicyclic) bond motifs is 1. The number of rotatable bonds is 2. The Hall–Kier alpha value is -2.30. The Balaban J connectivity index is 2.73. The molecule has 0 unspecified atom stereocenters. The average molecular weight is 234 g/mol. The summed E-state index contributed by atoms with van der Waals surface area (Å²) in [5.41, 5.74) is 0.238. The maximum absolute atomic E-state index is 12.0. The molecule has 0 amide bonds. The van der Waals surface area contributed by atoms with Crippen molar-refractivity contribution in [3.8, 4) is 5.75 Å². The highest BCUT2D eigenvalue weighted by Crippen LogP contribution is 2.31. The number of aliphatic hydroxyl groups excluding tert-OH is 1. The fourth-order valence-corrected chi connectivity index (χ4v) is 1.77. The van der Waals surface area contributed by atoms with E-state index in [0.717, 1.165) is 0 Å². The highest BCUT2D eigenvalue weighted by Gasteiger charge is 2.35. The number of carbonyl (C=O) groups is 2. The van der Waals surface area contributed by atoms with Gasteiger partial charge in [-0.2, -0.15) is 0 Å². The fourth-order valence-electron chi connectivity index (χ4n) is 1.77. The Morgan fingerprint density at radius 1 is 1.06 bits per heavy atom. The number of allylic oxidation sites excluding steroid dienone is 2. The molecule has 0 aliphatic heterocycles. The number of Topliss-reactive ketones (excluding diaryl/α,β-unsaturated/α-hetero) is 2. The van der Waals surface area contributed by atoms with E-state index >= 15 is 0 Å². The number of methoxy groups -OCH3 is 2. The first-order valence-corrected chi connectivity index (χ1v) is 4.85. The van der Waals surface area contributed by atoms with E-state index in [1.165, 1.54) is 20.3 Å². The first-order chi connectivity index (χ1) is 8.11. The van der Waals surface area contributed by atoms with Gasteiger partial charge in [0.05, 0.1) is 19.8 Å². The van der Waals surface area contributed by atoms with Gasteiger partial charge in [0.25, 0.3) is 0 Å². The summed E-state index contributed by atoms with van der Waals surface area (Å²) < 4.78 is 9.77. The third kappa shape index (κ3) is 1.47. The van der Waals surface area contributed by atoms with Crippen LogP contribution in [0.15, 0.2) is 29.7 Å². The average Bonchev–Trinajstić information content (AvgIpc) is 2.36. The molecule has 2 rings (SSSR count). The van der Waals surface area contributed by atoms with E-state index in [-0.39, 0.29) is 22.6 Å². The zero-order valence-corrected chi connectivity index (χ0v) is 9.31. The van der Waals surface area contributed by atoms with Crippen molar-refractivity contribution in [2.75, 3.05) is 14.2 Å². The predicted molar refractivity (Wildman–Crippen MR) is 58.3 cm³/mol. The number of ether oxygens (including phenoxy) is 2. The van der Waals surface area contributed by atoms with Gasteiger partial charge in [-0.1, -0.05) is 6.07 Å². The zero-order valence-electron chi connectivity index (χ0n) is 9.31. The van der Waals surface area contributed by atoms with Gasteiger partial charge in [-0.25, -0.2) is 0 Å². The molecule has 0 fully saturated rings. The second-order valence-electron chi connectivity index (χ2n) is 3.42. The molecule has 1 aliphatic rings. The topological polar surface area (TPSA) is 72.8 Å². The van der Waals surface area contributed by atoms with E-state index in [0.29, 0.717) is 0 Å². The first kappa shape index (κ1) is 11.2. The summed E-state index contributed by atoms with van der Waals surface area (Å²) in [7, 11) is 2.62. The number of benzene rings is 1. The Labute approximate surface area is 97.3 Å². The van der Waals surface area contributed by atoms with Crippen LogP contribution < -0.4 is 4.74 Å². The molecule has 0 spiro atoms. The molecule has 17 heavy (non-hydrogen) atoms. The summed E-state index contributed by atoms with van der Waals surface area (Å²) in [6.45, 7) is 0. The van der Waals surface area contributed by atoms with Crippen LogP contribution in [0.25, 0.3) is 0 Å². The van der Waals surface area contributed by atoms with Crippen LogP contribution in [0.1, 0.15) is 20.7 Å². The second kappa shape index (κ2) is 3.93. The molecule has 1 aliphatic carbocycles. The lowest BCUT2D eigenvalue weighted by Crippen LogP contribution is -2.23. The molecule has 0 radical (unpaired) electrons. The minimum atomic E-state index is -0.668. The number of hydrogen-bond acceptors (Lipinski definition) is 5. The third-order valence-electron chi connectivity index (χ3n) is 2.56. The predicted octanol–water partition coefficient (Wildman–Crippen LogP) is 1.49. The molecule has 0 aromatic heterocycles. The van der Waals surface area contributed by atoms with Crippen molar-refractivity contribution in [2.45, 2.75) is 0 Å². The molecular weight excluding hydrogens is 224 g/mol. The standard InChI is InChI=1S/C12H10O5/c1-16-7-5-3-4-6-8(7)10(14)12(17-2)11(15)9(6)13/h3-5,15H,1-2H3. The van der Waals surface area contributed by atoms with Gasteiger partial charge in [-0.05, 0) is 12.1 Å². The van der Waals surface area contributed by atoms with E-state index in [9.17, 15) is 14.7 Å². The molecule has 1 aromatic carbocycles. The van der Waals surface area contributed by atoms with Gasteiger partial charge in [0.1, 0.15) is 5.75 Å². The van der Waals surface area contributed by atoms with Crippen molar-refractivity contribution in [1.82, 2.24) is 0 Å². The summed E-state index contributed by atoms with van der Waals surface area (Å²) in [5.74, 6) is -1.94. The lowest BCUT2D eigenvalue weighted by molar-refractivity contribution is 0.0852. The Morgan fingerprint density at radius 3 is 2.35 bits per heavy atom. The lowest BCUT2D eigenvalue weighted by atomic mass is 9.91. The second-order valence-corrected chi connectivity index (χ2v) is 3.42. The highest BCUT2D eigenvalue weighted by atomic mass is 16.5. The summed E-state index contributed by atoms with van der Waals surface area (Å²) in [6, 6.07) is 4.61. The highest BCUT2D eigenvalue weighted by molar-refractivity contribution is 6.26. The number of ketones is 2. The monoisotopic (exact) mass is 234 g/mol. The molecule has 5 nitrogen and oxygen atoms in total. The number of carbonyl (C=O) groups excluding carboxylic acids is 2. The molecule has 5 heteroatoms. The molecule has 1 aromatic rings. The van der Waals surface area contributed by atoms with Crippen LogP contribution in [0.4, 0.5) is 0 Å². The van der Waals surface area contributed by atoms with Crippen LogP contribution >= 0.6 is 0 Å². The van der Waals surface area contributed by atoms with Gasteiger partial charge in [-0.3, -0.25) is 9.59 Å². The lowest BCUT2D eigenvalue weighted by Gasteiger charge is -2.18. The smallest absolute Gasteiger partial charge is 0.236 e. The Kier molecular flexibility index (Phi) is 2.59. The van der Waals surface area contributed by atoms with Gasteiger partial charge in [-0.15, -0.1) is 0 Å². The summed E-state index contributed by atoms with van der Waals surface area (Å²) in [4.78, 5) is 23.8. The SMILES string of the molecule is COC1=C(O)C(=O)c2cccc(OC)c2C1=O. The molecule has 0 atom stereocenters. The molecule has 0 saturated heterocycles. The van der Waals surface area contributed by atoms with Crippen molar-refractivity contribution in [3.05, 3.63) is 40.8 Å². The van der Waals surface area contributed by atoms with Crippen LogP contribution in [-0.2, 0) is 4.74 Å². The van der Waals surface area contributed by atoms with Crippen molar-refractivity contribution < 1.29 is 24.2 Å². The molecular formula is C12H10O5.